The van der Waals surface area contributed by atoms with Crippen molar-refractivity contribution in [3.63, 3.8) is 0 Å². The van der Waals surface area contributed by atoms with E-state index in [0.29, 0.717) is 13.2 Å². The van der Waals surface area contributed by atoms with Gasteiger partial charge in [0.05, 0.1) is 18.2 Å². The van der Waals surface area contributed by atoms with Crippen LogP contribution in [0.15, 0.2) is 35.5 Å². The first-order valence-corrected chi connectivity index (χ1v) is 10.2. The third-order valence-electron chi connectivity index (χ3n) is 3.91. The number of guanidine groups is 1. The van der Waals surface area contributed by atoms with Crippen LogP contribution in [0.25, 0.3) is 0 Å². The fourth-order valence-electron chi connectivity index (χ4n) is 2.49. The van der Waals surface area contributed by atoms with Crippen LogP contribution in [0.5, 0.6) is 0 Å². The van der Waals surface area contributed by atoms with E-state index in [9.17, 15) is 0 Å². The summed E-state index contributed by atoms with van der Waals surface area (Å²) in [5.41, 5.74) is 2.40. The van der Waals surface area contributed by atoms with Gasteiger partial charge >= 0.3 is 0 Å². The molecule has 0 aliphatic carbocycles. The molecule has 1 heterocycles. The Labute approximate surface area is 184 Å². The highest BCUT2D eigenvalue weighted by atomic mass is 127. The minimum atomic E-state index is 0. The Morgan fingerprint density at radius 3 is 2.59 bits per heavy atom. The Bertz CT molecular complexity index is 690. The molecule has 27 heavy (non-hydrogen) atoms. The maximum absolute atomic E-state index is 5.55. The van der Waals surface area contributed by atoms with E-state index in [1.54, 1.807) is 11.3 Å². The van der Waals surface area contributed by atoms with Crippen molar-refractivity contribution in [2.45, 2.75) is 46.8 Å². The molecule has 0 aliphatic heterocycles. The van der Waals surface area contributed by atoms with E-state index in [4.69, 9.17) is 9.73 Å². The predicted octanol–water partition coefficient (Wildman–Crippen LogP) is 4.16. The second-order valence-corrected chi connectivity index (χ2v) is 7.05. The summed E-state index contributed by atoms with van der Waals surface area (Å²) in [5, 5.41) is 7.89. The Kier molecular flexibility index (Phi) is 12.3. The SMILES string of the molecule is CCNC(=NCc1ccccc1COCC)NCCc1ncc(CC)s1.I. The quantitative estimate of drug-likeness (QED) is 0.291. The molecular weight excluding hydrogens is 471 g/mol. The maximum atomic E-state index is 5.55. The third-order valence-corrected chi connectivity index (χ3v) is 5.11. The van der Waals surface area contributed by atoms with Crippen molar-refractivity contribution in [1.82, 2.24) is 15.6 Å². The van der Waals surface area contributed by atoms with Crippen LogP contribution >= 0.6 is 35.3 Å². The summed E-state index contributed by atoms with van der Waals surface area (Å²) in [4.78, 5) is 10.5. The first kappa shape index (κ1) is 23.8. The number of nitrogens with zero attached hydrogens (tertiary/aromatic N) is 2. The Morgan fingerprint density at radius 1 is 1.15 bits per heavy atom. The Morgan fingerprint density at radius 2 is 1.93 bits per heavy atom. The van der Waals surface area contributed by atoms with Gasteiger partial charge in [0.1, 0.15) is 0 Å². The molecule has 0 saturated carbocycles. The topological polar surface area (TPSA) is 58.5 Å². The molecule has 0 spiro atoms. The van der Waals surface area contributed by atoms with Crippen LogP contribution in [0.2, 0.25) is 0 Å². The van der Waals surface area contributed by atoms with Gasteiger partial charge in [0.15, 0.2) is 5.96 Å². The minimum Gasteiger partial charge on any atom is -0.377 e. The number of halogens is 1. The van der Waals surface area contributed by atoms with Crippen LogP contribution in [0, 0.1) is 0 Å². The molecule has 1 aromatic carbocycles. The van der Waals surface area contributed by atoms with E-state index in [-0.39, 0.29) is 24.0 Å². The molecule has 0 aliphatic rings. The van der Waals surface area contributed by atoms with E-state index in [1.165, 1.54) is 21.0 Å². The summed E-state index contributed by atoms with van der Waals surface area (Å²) in [6.45, 7) is 9.90. The van der Waals surface area contributed by atoms with Crippen molar-refractivity contribution in [3.8, 4) is 0 Å². The molecule has 7 heteroatoms. The highest BCUT2D eigenvalue weighted by molar-refractivity contribution is 14.0. The average Bonchev–Trinajstić information content (AvgIpc) is 3.13. The molecule has 2 aromatic rings. The summed E-state index contributed by atoms with van der Waals surface area (Å²) < 4.78 is 5.55. The van der Waals surface area contributed by atoms with Crippen LogP contribution in [0.3, 0.4) is 0 Å². The van der Waals surface area contributed by atoms with Gasteiger partial charge in [0.2, 0.25) is 0 Å². The largest absolute Gasteiger partial charge is 0.377 e. The first-order valence-electron chi connectivity index (χ1n) is 9.37. The molecule has 0 bridgehead atoms. The molecule has 2 rings (SSSR count). The van der Waals surface area contributed by atoms with Crippen molar-refractivity contribution in [3.05, 3.63) is 51.5 Å². The molecule has 5 nitrogen and oxygen atoms in total. The van der Waals surface area contributed by atoms with E-state index < -0.39 is 0 Å². The zero-order valence-electron chi connectivity index (χ0n) is 16.5. The lowest BCUT2D eigenvalue weighted by molar-refractivity contribution is 0.133. The van der Waals surface area contributed by atoms with Crippen LogP contribution < -0.4 is 10.6 Å². The number of rotatable bonds is 10. The molecular formula is C20H31IN4OS. The van der Waals surface area contributed by atoms with Gasteiger partial charge in [-0.1, -0.05) is 31.2 Å². The molecule has 0 unspecified atom stereocenters. The van der Waals surface area contributed by atoms with Gasteiger partial charge in [-0.25, -0.2) is 9.98 Å². The van der Waals surface area contributed by atoms with Crippen molar-refractivity contribution < 1.29 is 4.74 Å². The number of aliphatic imine (C=N–C) groups is 1. The lowest BCUT2D eigenvalue weighted by Crippen LogP contribution is -2.38. The molecule has 1 aromatic heterocycles. The third kappa shape index (κ3) is 8.57. The van der Waals surface area contributed by atoms with Gasteiger partial charge < -0.3 is 15.4 Å². The lowest BCUT2D eigenvalue weighted by atomic mass is 10.1. The van der Waals surface area contributed by atoms with Gasteiger partial charge in [-0.3, -0.25) is 0 Å². The average molecular weight is 502 g/mol. The predicted molar refractivity (Wildman–Crippen MR) is 125 cm³/mol. The first-order chi connectivity index (χ1) is 12.8. The van der Waals surface area contributed by atoms with Gasteiger partial charge in [-0.15, -0.1) is 35.3 Å². The molecule has 150 valence electrons. The van der Waals surface area contributed by atoms with Gasteiger partial charge in [0, 0.05) is 37.2 Å². The Balaban J connectivity index is 0.00000364. The van der Waals surface area contributed by atoms with E-state index in [0.717, 1.165) is 38.5 Å². The summed E-state index contributed by atoms with van der Waals surface area (Å²) in [6.07, 6.45) is 3.95. The molecule has 0 atom stereocenters. The van der Waals surface area contributed by atoms with Crippen molar-refractivity contribution in [2.75, 3.05) is 19.7 Å². The summed E-state index contributed by atoms with van der Waals surface area (Å²) in [6, 6.07) is 8.32. The highest BCUT2D eigenvalue weighted by Gasteiger charge is 2.04. The van der Waals surface area contributed by atoms with Crippen molar-refractivity contribution in [1.29, 1.82) is 0 Å². The van der Waals surface area contributed by atoms with Crippen molar-refractivity contribution >= 4 is 41.3 Å². The zero-order chi connectivity index (χ0) is 18.6. The summed E-state index contributed by atoms with van der Waals surface area (Å²) >= 11 is 1.79. The van der Waals surface area contributed by atoms with Crippen LogP contribution in [0.4, 0.5) is 0 Å². The highest BCUT2D eigenvalue weighted by Crippen LogP contribution is 2.13. The van der Waals surface area contributed by atoms with Crippen LogP contribution in [0.1, 0.15) is 41.8 Å². The summed E-state index contributed by atoms with van der Waals surface area (Å²) in [5.74, 6) is 0.839. The number of thiazole rings is 1. The number of aromatic nitrogens is 1. The van der Waals surface area contributed by atoms with Crippen LogP contribution in [-0.4, -0.2) is 30.6 Å². The second kappa shape index (κ2) is 13.9. The molecule has 0 amide bonds. The van der Waals surface area contributed by atoms with Crippen LogP contribution in [-0.2, 0) is 30.7 Å². The molecule has 0 saturated heterocycles. The Hall–Kier alpha value is -1.19. The molecule has 0 fully saturated rings. The standard InChI is InChI=1S/C20H30N4OS.HI/c1-4-18-14-23-19(26-18)11-12-22-20(21-5-2)24-13-16-9-7-8-10-17(16)15-25-6-3;/h7-10,14H,4-6,11-13,15H2,1-3H3,(H2,21,22,24);1H. The fraction of sp³-hybridized carbons (Fsp3) is 0.500. The number of aryl methyl sites for hydroxylation is 1. The lowest BCUT2D eigenvalue weighted by Gasteiger charge is -2.12. The molecule has 0 radical (unpaired) electrons. The second-order valence-electron chi connectivity index (χ2n) is 5.85. The summed E-state index contributed by atoms with van der Waals surface area (Å²) in [7, 11) is 0. The fourth-order valence-corrected chi connectivity index (χ4v) is 3.35. The monoisotopic (exact) mass is 502 g/mol. The molecule has 2 N–H and O–H groups in total. The van der Waals surface area contributed by atoms with Gasteiger partial charge in [0.25, 0.3) is 0 Å². The van der Waals surface area contributed by atoms with E-state index >= 15 is 0 Å². The minimum absolute atomic E-state index is 0. The van der Waals surface area contributed by atoms with Gasteiger partial charge in [-0.2, -0.15) is 0 Å². The normalized spacial score (nSPS) is 11.1. The van der Waals surface area contributed by atoms with Crippen molar-refractivity contribution in [2.24, 2.45) is 4.99 Å². The number of hydrogen-bond donors (Lipinski definition) is 2. The number of ether oxygens (including phenoxy) is 1. The van der Waals surface area contributed by atoms with E-state index in [2.05, 4.69) is 47.7 Å². The number of benzene rings is 1. The number of hydrogen-bond acceptors (Lipinski definition) is 4. The van der Waals surface area contributed by atoms with Gasteiger partial charge in [-0.05, 0) is 31.4 Å². The zero-order valence-corrected chi connectivity index (χ0v) is 19.6. The number of nitrogens with one attached hydrogen (secondary N) is 2. The van der Waals surface area contributed by atoms with E-state index in [1.807, 2.05) is 19.2 Å². The maximum Gasteiger partial charge on any atom is 0.191 e. The smallest absolute Gasteiger partial charge is 0.191 e.